The zero-order chi connectivity index (χ0) is 14.0. The molecule has 0 atom stereocenters. The van der Waals surface area contributed by atoms with Crippen molar-refractivity contribution in [1.29, 1.82) is 5.26 Å². The van der Waals surface area contributed by atoms with E-state index in [1.54, 1.807) is 23.8 Å². The summed E-state index contributed by atoms with van der Waals surface area (Å²) in [5, 5.41) is 11.4. The molecule has 0 saturated carbocycles. The first-order valence-corrected chi connectivity index (χ1v) is 5.65. The summed E-state index contributed by atoms with van der Waals surface area (Å²) in [6, 6.07) is 7.37. The van der Waals surface area contributed by atoms with Gasteiger partial charge >= 0.3 is 0 Å². The maximum absolute atomic E-state index is 13.2. The van der Waals surface area contributed by atoms with Crippen molar-refractivity contribution in [3.63, 3.8) is 0 Å². The zero-order valence-corrected chi connectivity index (χ0v) is 10.6. The molecule has 1 amide bonds. The summed E-state index contributed by atoms with van der Waals surface area (Å²) < 4.78 is 14.9. The molecule has 96 valence electrons. The minimum atomic E-state index is -0.602. The van der Waals surface area contributed by atoms with Crippen LogP contribution < -0.4 is 5.32 Å². The van der Waals surface area contributed by atoms with E-state index in [4.69, 9.17) is 5.26 Å². The smallest absolute Gasteiger partial charge is 0.272 e. The molecule has 19 heavy (non-hydrogen) atoms. The van der Waals surface area contributed by atoms with Gasteiger partial charge in [-0.15, -0.1) is 0 Å². The molecule has 1 heterocycles. The minimum absolute atomic E-state index is 0.0964. The molecule has 4 nitrogen and oxygen atoms in total. The molecule has 5 heteroatoms. The lowest BCUT2D eigenvalue weighted by molar-refractivity contribution is 0.101. The van der Waals surface area contributed by atoms with E-state index in [1.807, 2.05) is 13.1 Å². The van der Waals surface area contributed by atoms with Gasteiger partial charge in [-0.25, -0.2) is 4.39 Å². The Bertz CT molecular complexity index is 682. The predicted octanol–water partition coefficient (Wildman–Crippen LogP) is 2.60. The molecule has 0 aliphatic rings. The number of amides is 1. The fraction of sp³-hybridized carbons (Fsp3) is 0.143. The van der Waals surface area contributed by atoms with Crippen molar-refractivity contribution >= 4 is 11.6 Å². The van der Waals surface area contributed by atoms with Gasteiger partial charge in [0.05, 0.1) is 5.56 Å². The lowest BCUT2D eigenvalue weighted by Crippen LogP contribution is -2.15. The highest BCUT2D eigenvalue weighted by molar-refractivity contribution is 6.03. The normalized spacial score (nSPS) is 10.0. The van der Waals surface area contributed by atoms with Crippen LogP contribution >= 0.6 is 0 Å². The standard InChI is InChI=1S/C14H12FN3O/c1-9-5-13(18(2)8-9)14(19)17-11-3-4-12(15)10(6-11)7-16/h3-6,8H,1-2H3,(H,17,19). The SMILES string of the molecule is Cc1cc(C(=O)Nc2ccc(F)c(C#N)c2)n(C)c1. The molecule has 0 aliphatic carbocycles. The number of halogens is 1. The van der Waals surface area contributed by atoms with E-state index < -0.39 is 5.82 Å². The fourth-order valence-corrected chi connectivity index (χ4v) is 1.84. The molecule has 0 saturated heterocycles. The first-order chi connectivity index (χ1) is 9.01. The van der Waals surface area contributed by atoms with E-state index in [2.05, 4.69) is 5.32 Å². The number of carbonyl (C=O) groups is 1. The summed E-state index contributed by atoms with van der Waals surface area (Å²) in [6.07, 6.45) is 1.83. The Labute approximate surface area is 110 Å². The summed E-state index contributed by atoms with van der Waals surface area (Å²) in [5.41, 5.74) is 1.77. The van der Waals surface area contributed by atoms with Crippen LogP contribution in [0.2, 0.25) is 0 Å². The Morgan fingerprint density at radius 1 is 1.42 bits per heavy atom. The molecule has 0 radical (unpaired) electrons. The van der Waals surface area contributed by atoms with Crippen LogP contribution in [-0.2, 0) is 7.05 Å². The Kier molecular flexibility index (Phi) is 3.34. The number of hydrogen-bond donors (Lipinski definition) is 1. The predicted molar refractivity (Wildman–Crippen MR) is 69.2 cm³/mol. The van der Waals surface area contributed by atoms with E-state index in [-0.39, 0.29) is 11.5 Å². The van der Waals surface area contributed by atoms with Gasteiger partial charge in [0.1, 0.15) is 17.6 Å². The zero-order valence-electron chi connectivity index (χ0n) is 10.6. The van der Waals surface area contributed by atoms with Crippen LogP contribution in [0, 0.1) is 24.1 Å². The summed E-state index contributed by atoms with van der Waals surface area (Å²) in [7, 11) is 1.77. The Balaban J connectivity index is 2.25. The van der Waals surface area contributed by atoms with Crippen LogP contribution in [0.4, 0.5) is 10.1 Å². The third-order valence-corrected chi connectivity index (χ3v) is 2.72. The summed E-state index contributed by atoms with van der Waals surface area (Å²) in [6.45, 7) is 1.89. The van der Waals surface area contributed by atoms with Gasteiger partial charge in [-0.1, -0.05) is 0 Å². The van der Waals surface area contributed by atoms with Gasteiger partial charge in [-0.05, 0) is 36.8 Å². The third-order valence-electron chi connectivity index (χ3n) is 2.72. The molecule has 1 N–H and O–H groups in total. The lowest BCUT2D eigenvalue weighted by Gasteiger charge is -2.06. The number of aromatic nitrogens is 1. The van der Waals surface area contributed by atoms with Gasteiger partial charge in [0.25, 0.3) is 5.91 Å². The van der Waals surface area contributed by atoms with Gasteiger partial charge in [0.15, 0.2) is 0 Å². The number of rotatable bonds is 2. The van der Waals surface area contributed by atoms with E-state index in [0.29, 0.717) is 11.4 Å². The number of nitriles is 1. The second-order valence-electron chi connectivity index (χ2n) is 4.27. The van der Waals surface area contributed by atoms with Crippen LogP contribution in [0.15, 0.2) is 30.5 Å². The topological polar surface area (TPSA) is 57.8 Å². The van der Waals surface area contributed by atoms with Crippen LogP contribution in [0.1, 0.15) is 21.6 Å². The van der Waals surface area contributed by atoms with E-state index in [1.165, 1.54) is 12.1 Å². The molecule has 0 aliphatic heterocycles. The van der Waals surface area contributed by atoms with E-state index in [0.717, 1.165) is 11.6 Å². The molecule has 1 aromatic carbocycles. The molecule has 2 rings (SSSR count). The molecule has 1 aromatic heterocycles. The molecular weight excluding hydrogens is 245 g/mol. The largest absolute Gasteiger partial charge is 0.346 e. The second-order valence-corrected chi connectivity index (χ2v) is 4.27. The number of anilines is 1. The van der Waals surface area contributed by atoms with Crippen LogP contribution in [0.25, 0.3) is 0 Å². The van der Waals surface area contributed by atoms with Crippen molar-refractivity contribution in [2.45, 2.75) is 6.92 Å². The number of nitrogens with zero attached hydrogens (tertiary/aromatic N) is 2. The maximum atomic E-state index is 13.2. The van der Waals surface area contributed by atoms with Gasteiger partial charge < -0.3 is 9.88 Å². The van der Waals surface area contributed by atoms with Crippen LogP contribution in [0.3, 0.4) is 0 Å². The van der Waals surface area contributed by atoms with Crippen molar-refractivity contribution in [2.75, 3.05) is 5.32 Å². The van der Waals surface area contributed by atoms with Crippen molar-refractivity contribution in [2.24, 2.45) is 7.05 Å². The van der Waals surface area contributed by atoms with Gasteiger partial charge in [0.2, 0.25) is 0 Å². The Hall–Kier alpha value is -2.61. The molecular formula is C14H12FN3O. The van der Waals surface area contributed by atoms with E-state index >= 15 is 0 Å². The molecule has 0 unspecified atom stereocenters. The Morgan fingerprint density at radius 2 is 2.16 bits per heavy atom. The molecule has 0 bridgehead atoms. The summed E-state index contributed by atoms with van der Waals surface area (Å²) >= 11 is 0. The number of nitrogens with one attached hydrogen (secondary N) is 1. The van der Waals surface area contributed by atoms with Crippen LogP contribution in [0.5, 0.6) is 0 Å². The summed E-state index contributed by atoms with van der Waals surface area (Å²) in [5.74, 6) is -0.902. The highest BCUT2D eigenvalue weighted by atomic mass is 19.1. The fourth-order valence-electron chi connectivity index (χ4n) is 1.84. The number of carbonyl (C=O) groups excluding carboxylic acids is 1. The number of aryl methyl sites for hydroxylation is 2. The van der Waals surface area contributed by atoms with Gasteiger partial charge in [-0.3, -0.25) is 4.79 Å². The van der Waals surface area contributed by atoms with Crippen molar-refractivity contribution < 1.29 is 9.18 Å². The molecule has 0 spiro atoms. The van der Waals surface area contributed by atoms with Crippen molar-refractivity contribution in [3.8, 4) is 6.07 Å². The first kappa shape index (κ1) is 12.8. The van der Waals surface area contributed by atoms with Crippen LogP contribution in [-0.4, -0.2) is 10.5 Å². The molecule has 2 aromatic rings. The average molecular weight is 257 g/mol. The highest BCUT2D eigenvalue weighted by Gasteiger charge is 2.11. The Morgan fingerprint density at radius 3 is 2.74 bits per heavy atom. The van der Waals surface area contributed by atoms with Gasteiger partial charge in [0, 0.05) is 18.9 Å². The van der Waals surface area contributed by atoms with E-state index in [9.17, 15) is 9.18 Å². The quantitative estimate of drug-likeness (QED) is 0.899. The number of benzene rings is 1. The second kappa shape index (κ2) is 4.94. The number of hydrogen-bond acceptors (Lipinski definition) is 2. The van der Waals surface area contributed by atoms with Crippen molar-refractivity contribution in [1.82, 2.24) is 4.57 Å². The van der Waals surface area contributed by atoms with Crippen molar-refractivity contribution in [3.05, 3.63) is 53.1 Å². The lowest BCUT2D eigenvalue weighted by atomic mass is 10.2. The average Bonchev–Trinajstić information content (AvgIpc) is 2.71. The summed E-state index contributed by atoms with van der Waals surface area (Å²) in [4.78, 5) is 12.0. The first-order valence-electron chi connectivity index (χ1n) is 5.65. The monoisotopic (exact) mass is 257 g/mol. The highest BCUT2D eigenvalue weighted by Crippen LogP contribution is 2.15. The third kappa shape index (κ3) is 2.63. The molecule has 0 fully saturated rings. The maximum Gasteiger partial charge on any atom is 0.272 e. The minimum Gasteiger partial charge on any atom is -0.346 e. The van der Waals surface area contributed by atoms with Gasteiger partial charge in [-0.2, -0.15) is 5.26 Å².